The number of nitrogens with zero attached hydrogens (tertiary/aromatic N) is 1. The summed E-state index contributed by atoms with van der Waals surface area (Å²) in [5.41, 5.74) is 5.41. The number of carbonyl (C=O) groups is 1. The van der Waals surface area contributed by atoms with Crippen molar-refractivity contribution in [3.63, 3.8) is 0 Å². The summed E-state index contributed by atoms with van der Waals surface area (Å²) in [5.74, 6) is 1.16. The topological polar surface area (TPSA) is 20.3 Å². The van der Waals surface area contributed by atoms with Crippen LogP contribution in [0.5, 0.6) is 0 Å². The summed E-state index contributed by atoms with van der Waals surface area (Å²) in [4.78, 5) is 14.6. The van der Waals surface area contributed by atoms with Crippen molar-refractivity contribution in [3.8, 4) is 11.1 Å². The van der Waals surface area contributed by atoms with Crippen LogP contribution in [0.1, 0.15) is 43.7 Å². The summed E-state index contributed by atoms with van der Waals surface area (Å²) in [5, 5.41) is 0. The van der Waals surface area contributed by atoms with Gasteiger partial charge in [-0.15, -0.1) is 0 Å². The first-order valence-corrected chi connectivity index (χ1v) is 8.64. The molecule has 1 aliphatic carbocycles. The van der Waals surface area contributed by atoms with Crippen molar-refractivity contribution in [2.24, 2.45) is 5.92 Å². The van der Waals surface area contributed by atoms with E-state index >= 15 is 0 Å². The second-order valence-electron chi connectivity index (χ2n) is 7.12. The molecular weight excluding hydrogens is 282 g/mol. The second-order valence-corrected chi connectivity index (χ2v) is 7.12. The zero-order chi connectivity index (χ0) is 16.0. The van der Waals surface area contributed by atoms with Gasteiger partial charge in [0, 0.05) is 24.9 Å². The Balaban J connectivity index is 1.73. The molecule has 0 bridgehead atoms. The standard InChI is InChI=1S/C21H23NO/c1-14(2)20-11-12-21(23)22(20)13-19-17-9-5-3-7-15(17)16-8-4-6-10-18(16)19/h3-10,14,19-20H,11-13H2,1-2H3. The van der Waals surface area contributed by atoms with Gasteiger partial charge in [-0.1, -0.05) is 62.4 Å². The van der Waals surface area contributed by atoms with E-state index in [0.717, 1.165) is 13.0 Å². The highest BCUT2D eigenvalue weighted by Gasteiger charge is 2.37. The molecule has 1 unspecified atom stereocenters. The minimum absolute atomic E-state index is 0.311. The molecule has 1 heterocycles. The van der Waals surface area contributed by atoms with Crippen LogP contribution >= 0.6 is 0 Å². The molecule has 0 spiro atoms. The maximum absolute atomic E-state index is 12.4. The molecule has 1 atom stereocenters. The third-order valence-corrected chi connectivity index (χ3v) is 5.49. The first-order valence-electron chi connectivity index (χ1n) is 8.64. The molecule has 2 aliphatic rings. The Bertz CT molecular complexity index is 704. The zero-order valence-electron chi connectivity index (χ0n) is 13.8. The first-order chi connectivity index (χ1) is 11.2. The lowest BCUT2D eigenvalue weighted by Crippen LogP contribution is -2.39. The molecule has 0 saturated carbocycles. The number of hydrogen-bond donors (Lipinski definition) is 0. The zero-order valence-corrected chi connectivity index (χ0v) is 13.8. The van der Waals surface area contributed by atoms with Crippen molar-refractivity contribution in [1.82, 2.24) is 4.90 Å². The highest BCUT2D eigenvalue weighted by atomic mass is 16.2. The quantitative estimate of drug-likeness (QED) is 0.820. The van der Waals surface area contributed by atoms with Crippen molar-refractivity contribution in [2.75, 3.05) is 6.54 Å². The predicted octanol–water partition coefficient (Wildman–Crippen LogP) is 4.45. The third kappa shape index (κ3) is 2.28. The molecule has 0 aromatic heterocycles. The van der Waals surface area contributed by atoms with Gasteiger partial charge in [0.25, 0.3) is 0 Å². The van der Waals surface area contributed by atoms with Gasteiger partial charge in [-0.25, -0.2) is 0 Å². The summed E-state index contributed by atoms with van der Waals surface area (Å²) >= 11 is 0. The van der Waals surface area contributed by atoms with Gasteiger partial charge < -0.3 is 4.90 Å². The molecular formula is C21H23NO. The normalized spacial score (nSPS) is 20.2. The molecule has 118 valence electrons. The number of hydrogen-bond acceptors (Lipinski definition) is 1. The van der Waals surface area contributed by atoms with Crippen LogP contribution in [0.2, 0.25) is 0 Å². The van der Waals surface area contributed by atoms with Gasteiger partial charge >= 0.3 is 0 Å². The SMILES string of the molecule is CC(C)C1CCC(=O)N1CC1c2ccccc2-c2ccccc21. The lowest BCUT2D eigenvalue weighted by Gasteiger charge is -2.31. The van der Waals surface area contributed by atoms with Crippen molar-refractivity contribution in [1.29, 1.82) is 0 Å². The van der Waals surface area contributed by atoms with Gasteiger partial charge in [-0.2, -0.15) is 0 Å². The molecule has 2 aromatic carbocycles. The fraction of sp³-hybridized carbons (Fsp3) is 0.381. The van der Waals surface area contributed by atoms with E-state index in [4.69, 9.17) is 0 Å². The largest absolute Gasteiger partial charge is 0.338 e. The van der Waals surface area contributed by atoms with Gasteiger partial charge in [0.05, 0.1) is 0 Å². The van der Waals surface area contributed by atoms with E-state index in [1.165, 1.54) is 22.3 Å². The molecule has 4 rings (SSSR count). The van der Waals surface area contributed by atoms with Gasteiger partial charge in [0.15, 0.2) is 0 Å². The Kier molecular flexibility index (Phi) is 3.48. The maximum atomic E-state index is 12.4. The van der Waals surface area contributed by atoms with Crippen LogP contribution in [0, 0.1) is 5.92 Å². The average molecular weight is 305 g/mol. The smallest absolute Gasteiger partial charge is 0.222 e. The fourth-order valence-electron chi connectivity index (χ4n) is 4.34. The van der Waals surface area contributed by atoms with Crippen molar-refractivity contribution >= 4 is 5.91 Å². The Morgan fingerprint density at radius 3 is 2.13 bits per heavy atom. The maximum Gasteiger partial charge on any atom is 0.222 e. The van der Waals surface area contributed by atoms with E-state index in [0.29, 0.717) is 30.2 Å². The number of amides is 1. The summed E-state index contributed by atoms with van der Waals surface area (Å²) in [6.45, 7) is 5.27. The van der Waals surface area contributed by atoms with Crippen LogP contribution in [-0.2, 0) is 4.79 Å². The van der Waals surface area contributed by atoms with Gasteiger partial charge in [-0.3, -0.25) is 4.79 Å². The molecule has 0 radical (unpaired) electrons. The Hall–Kier alpha value is -2.09. The van der Waals surface area contributed by atoms with E-state index in [1.54, 1.807) is 0 Å². The molecule has 1 saturated heterocycles. The van der Waals surface area contributed by atoms with Gasteiger partial charge in [-0.05, 0) is 34.6 Å². The molecule has 1 amide bonds. The Morgan fingerprint density at radius 2 is 1.57 bits per heavy atom. The number of benzene rings is 2. The summed E-state index contributed by atoms with van der Waals surface area (Å²) in [6, 6.07) is 17.7. The Labute approximate surface area is 138 Å². The van der Waals surface area contributed by atoms with Crippen LogP contribution in [0.15, 0.2) is 48.5 Å². The summed E-state index contributed by atoms with van der Waals surface area (Å²) in [6.07, 6.45) is 1.71. The monoisotopic (exact) mass is 305 g/mol. The van der Waals surface area contributed by atoms with Crippen LogP contribution in [0.4, 0.5) is 0 Å². The van der Waals surface area contributed by atoms with Gasteiger partial charge in [0.1, 0.15) is 0 Å². The predicted molar refractivity (Wildman–Crippen MR) is 93.3 cm³/mol. The lowest BCUT2D eigenvalue weighted by molar-refractivity contribution is -0.129. The minimum Gasteiger partial charge on any atom is -0.338 e. The van der Waals surface area contributed by atoms with E-state index in [9.17, 15) is 4.79 Å². The fourth-order valence-corrected chi connectivity index (χ4v) is 4.34. The molecule has 2 aromatic rings. The molecule has 2 nitrogen and oxygen atoms in total. The van der Waals surface area contributed by atoms with Crippen molar-refractivity contribution in [3.05, 3.63) is 59.7 Å². The summed E-state index contributed by atoms with van der Waals surface area (Å²) < 4.78 is 0. The summed E-state index contributed by atoms with van der Waals surface area (Å²) in [7, 11) is 0. The van der Waals surface area contributed by atoms with E-state index in [2.05, 4.69) is 67.3 Å². The Morgan fingerprint density at radius 1 is 1.00 bits per heavy atom. The molecule has 1 aliphatic heterocycles. The van der Waals surface area contributed by atoms with Crippen LogP contribution in [0.25, 0.3) is 11.1 Å². The number of likely N-dealkylation sites (tertiary alicyclic amines) is 1. The van der Waals surface area contributed by atoms with Gasteiger partial charge in [0.2, 0.25) is 5.91 Å². The highest BCUT2D eigenvalue weighted by molar-refractivity contribution is 5.81. The van der Waals surface area contributed by atoms with E-state index in [1.807, 2.05) is 0 Å². The molecule has 0 N–H and O–H groups in total. The third-order valence-electron chi connectivity index (χ3n) is 5.49. The lowest BCUT2D eigenvalue weighted by atomic mass is 9.94. The van der Waals surface area contributed by atoms with Crippen molar-refractivity contribution < 1.29 is 4.79 Å². The van der Waals surface area contributed by atoms with Crippen LogP contribution in [-0.4, -0.2) is 23.4 Å². The molecule has 1 fully saturated rings. The van der Waals surface area contributed by atoms with Crippen molar-refractivity contribution in [2.45, 2.75) is 38.6 Å². The molecule has 23 heavy (non-hydrogen) atoms. The van der Waals surface area contributed by atoms with Crippen LogP contribution < -0.4 is 0 Å². The second kappa shape index (κ2) is 5.52. The average Bonchev–Trinajstić information content (AvgIpc) is 3.08. The van der Waals surface area contributed by atoms with Crippen LogP contribution in [0.3, 0.4) is 0 Å². The number of carbonyl (C=O) groups excluding carboxylic acids is 1. The van der Waals surface area contributed by atoms with E-state index in [-0.39, 0.29) is 0 Å². The van der Waals surface area contributed by atoms with E-state index < -0.39 is 0 Å². The number of fused-ring (bicyclic) bond motifs is 3. The highest BCUT2D eigenvalue weighted by Crippen LogP contribution is 2.45. The number of rotatable bonds is 3. The minimum atomic E-state index is 0.311. The molecule has 2 heteroatoms. The first kappa shape index (κ1) is 14.5.